The number of aromatic nitrogens is 3. The topological polar surface area (TPSA) is 67.8 Å². The van der Waals surface area contributed by atoms with Gasteiger partial charge in [-0.05, 0) is 24.1 Å². The number of nitrogens with one attached hydrogen (secondary N) is 1. The average molecular weight is 288 g/mol. The first-order valence-corrected chi connectivity index (χ1v) is 7.17. The molecule has 0 atom stereocenters. The standard InChI is InChI=1S/C14H16N4OS/c1-10(2)9-13-17-18-14(20-13)16-12(19)7-6-11-5-3-4-8-15-11/h3-8,10H,9H2,1-2H3,(H,16,18,19)/b7-6+. The van der Waals surface area contributed by atoms with Crippen LogP contribution in [0, 0.1) is 5.92 Å². The van der Waals surface area contributed by atoms with Crippen molar-refractivity contribution in [2.45, 2.75) is 20.3 Å². The molecular weight excluding hydrogens is 272 g/mol. The molecule has 0 radical (unpaired) electrons. The zero-order valence-electron chi connectivity index (χ0n) is 11.4. The third kappa shape index (κ3) is 4.55. The van der Waals surface area contributed by atoms with E-state index in [1.165, 1.54) is 17.4 Å². The van der Waals surface area contributed by atoms with Crippen molar-refractivity contribution in [1.29, 1.82) is 0 Å². The van der Waals surface area contributed by atoms with Crippen LogP contribution in [0.5, 0.6) is 0 Å². The van der Waals surface area contributed by atoms with Gasteiger partial charge in [-0.2, -0.15) is 0 Å². The third-order valence-corrected chi connectivity index (χ3v) is 3.23. The molecule has 0 saturated heterocycles. The van der Waals surface area contributed by atoms with Crippen molar-refractivity contribution in [1.82, 2.24) is 15.2 Å². The number of hydrogen-bond acceptors (Lipinski definition) is 5. The van der Waals surface area contributed by atoms with Crippen LogP contribution < -0.4 is 5.32 Å². The molecule has 0 spiro atoms. The minimum atomic E-state index is -0.233. The summed E-state index contributed by atoms with van der Waals surface area (Å²) in [5.41, 5.74) is 0.736. The van der Waals surface area contributed by atoms with Gasteiger partial charge in [0.1, 0.15) is 5.01 Å². The molecule has 6 heteroatoms. The highest BCUT2D eigenvalue weighted by Crippen LogP contribution is 2.18. The van der Waals surface area contributed by atoms with Crippen molar-refractivity contribution < 1.29 is 4.79 Å². The summed E-state index contributed by atoms with van der Waals surface area (Å²) in [7, 11) is 0. The molecule has 0 aliphatic heterocycles. The van der Waals surface area contributed by atoms with Crippen LogP contribution in [-0.2, 0) is 11.2 Å². The van der Waals surface area contributed by atoms with Gasteiger partial charge in [-0.3, -0.25) is 15.1 Å². The van der Waals surface area contributed by atoms with Gasteiger partial charge < -0.3 is 0 Å². The fraction of sp³-hybridized carbons (Fsp3) is 0.286. The Morgan fingerprint density at radius 1 is 1.40 bits per heavy atom. The molecule has 104 valence electrons. The van der Waals surface area contributed by atoms with Gasteiger partial charge in [0.05, 0.1) is 5.69 Å². The number of amides is 1. The minimum absolute atomic E-state index is 0.233. The maximum atomic E-state index is 11.7. The highest BCUT2D eigenvalue weighted by atomic mass is 32.1. The molecule has 5 nitrogen and oxygen atoms in total. The van der Waals surface area contributed by atoms with Crippen LogP contribution in [0.4, 0.5) is 5.13 Å². The smallest absolute Gasteiger partial charge is 0.250 e. The van der Waals surface area contributed by atoms with E-state index in [-0.39, 0.29) is 5.91 Å². The molecule has 0 saturated carbocycles. The molecule has 0 aliphatic carbocycles. The summed E-state index contributed by atoms with van der Waals surface area (Å²) in [6, 6.07) is 5.53. The van der Waals surface area contributed by atoms with Crippen LogP contribution in [0.2, 0.25) is 0 Å². The number of carbonyl (C=O) groups excluding carboxylic acids is 1. The summed E-state index contributed by atoms with van der Waals surface area (Å²) in [5.74, 6) is 0.290. The van der Waals surface area contributed by atoms with Crippen LogP contribution in [0.3, 0.4) is 0 Å². The Bertz CT molecular complexity index is 592. The van der Waals surface area contributed by atoms with Crippen LogP contribution in [0.1, 0.15) is 24.5 Å². The van der Waals surface area contributed by atoms with Gasteiger partial charge in [-0.15, -0.1) is 10.2 Å². The Morgan fingerprint density at radius 3 is 2.95 bits per heavy atom. The van der Waals surface area contributed by atoms with E-state index in [0.717, 1.165) is 17.1 Å². The highest BCUT2D eigenvalue weighted by Gasteiger charge is 2.07. The monoisotopic (exact) mass is 288 g/mol. The van der Waals surface area contributed by atoms with Crippen molar-refractivity contribution in [3.63, 3.8) is 0 Å². The van der Waals surface area contributed by atoms with E-state index in [2.05, 4.69) is 34.3 Å². The Morgan fingerprint density at radius 2 is 2.25 bits per heavy atom. The quantitative estimate of drug-likeness (QED) is 0.859. The summed E-state index contributed by atoms with van der Waals surface area (Å²) < 4.78 is 0. The SMILES string of the molecule is CC(C)Cc1nnc(NC(=O)/C=C/c2ccccn2)s1. The Kier molecular flexibility index (Phi) is 4.95. The molecule has 1 amide bonds. The molecule has 0 fully saturated rings. The van der Waals surface area contributed by atoms with Crippen LogP contribution in [0.15, 0.2) is 30.5 Å². The van der Waals surface area contributed by atoms with Crippen LogP contribution in [0.25, 0.3) is 6.08 Å². The van der Waals surface area contributed by atoms with Gasteiger partial charge in [0.2, 0.25) is 11.0 Å². The van der Waals surface area contributed by atoms with E-state index in [9.17, 15) is 4.79 Å². The number of nitrogens with zero attached hydrogens (tertiary/aromatic N) is 3. The lowest BCUT2D eigenvalue weighted by Gasteiger charge is -1.97. The van der Waals surface area contributed by atoms with Gasteiger partial charge in [-0.1, -0.05) is 31.3 Å². The fourth-order valence-electron chi connectivity index (χ4n) is 1.52. The lowest BCUT2D eigenvalue weighted by atomic mass is 10.1. The third-order valence-electron chi connectivity index (χ3n) is 2.37. The lowest BCUT2D eigenvalue weighted by Crippen LogP contribution is -2.07. The van der Waals surface area contributed by atoms with Gasteiger partial charge in [-0.25, -0.2) is 0 Å². The molecule has 2 aromatic heterocycles. The van der Waals surface area contributed by atoms with Crippen molar-refractivity contribution in [3.05, 3.63) is 41.2 Å². The Balaban J connectivity index is 1.91. The maximum absolute atomic E-state index is 11.7. The molecule has 0 bridgehead atoms. The summed E-state index contributed by atoms with van der Waals surface area (Å²) in [6.07, 6.45) is 5.65. The van der Waals surface area contributed by atoms with E-state index in [0.29, 0.717) is 11.0 Å². The largest absolute Gasteiger partial charge is 0.297 e. The molecule has 2 aromatic rings. The second-order valence-corrected chi connectivity index (χ2v) is 5.74. The predicted octanol–water partition coefficient (Wildman–Crippen LogP) is 2.78. The first-order valence-electron chi connectivity index (χ1n) is 6.36. The number of rotatable bonds is 5. The molecule has 2 rings (SSSR count). The number of anilines is 1. The van der Waals surface area contributed by atoms with Crippen molar-refractivity contribution in [2.75, 3.05) is 5.32 Å². The van der Waals surface area contributed by atoms with Gasteiger partial charge in [0.15, 0.2) is 0 Å². The number of carbonyl (C=O) groups is 1. The molecule has 0 aliphatic rings. The second kappa shape index (κ2) is 6.91. The zero-order chi connectivity index (χ0) is 14.4. The highest BCUT2D eigenvalue weighted by molar-refractivity contribution is 7.15. The molecule has 0 aromatic carbocycles. The first-order chi connectivity index (χ1) is 9.63. The van der Waals surface area contributed by atoms with E-state index in [1.807, 2.05) is 18.2 Å². The Labute approximate surface area is 121 Å². The molecule has 0 unspecified atom stereocenters. The number of pyridine rings is 1. The van der Waals surface area contributed by atoms with E-state index < -0.39 is 0 Å². The first kappa shape index (κ1) is 14.3. The summed E-state index contributed by atoms with van der Waals surface area (Å²) >= 11 is 1.41. The predicted molar refractivity (Wildman–Crippen MR) is 80.4 cm³/mol. The second-order valence-electron chi connectivity index (χ2n) is 4.68. The van der Waals surface area contributed by atoms with Gasteiger partial charge in [0, 0.05) is 18.7 Å². The van der Waals surface area contributed by atoms with Crippen molar-refractivity contribution in [3.8, 4) is 0 Å². The van der Waals surface area contributed by atoms with Crippen LogP contribution >= 0.6 is 11.3 Å². The Hall–Kier alpha value is -2.08. The number of hydrogen-bond donors (Lipinski definition) is 1. The van der Waals surface area contributed by atoms with E-state index in [1.54, 1.807) is 12.3 Å². The summed E-state index contributed by atoms with van der Waals surface area (Å²) in [5, 5.41) is 12.2. The van der Waals surface area contributed by atoms with Crippen molar-refractivity contribution >= 4 is 28.5 Å². The molecule has 20 heavy (non-hydrogen) atoms. The van der Waals surface area contributed by atoms with E-state index >= 15 is 0 Å². The van der Waals surface area contributed by atoms with Gasteiger partial charge >= 0.3 is 0 Å². The normalized spacial score (nSPS) is 11.2. The van der Waals surface area contributed by atoms with E-state index in [4.69, 9.17) is 0 Å². The average Bonchev–Trinajstić information content (AvgIpc) is 2.84. The minimum Gasteiger partial charge on any atom is -0.297 e. The summed E-state index contributed by atoms with van der Waals surface area (Å²) in [4.78, 5) is 15.8. The molecular formula is C14H16N4OS. The fourth-order valence-corrected chi connectivity index (χ4v) is 2.47. The lowest BCUT2D eigenvalue weighted by molar-refractivity contribution is -0.111. The molecule has 1 N–H and O–H groups in total. The molecule has 2 heterocycles. The zero-order valence-corrected chi connectivity index (χ0v) is 12.2. The van der Waals surface area contributed by atoms with Gasteiger partial charge in [0.25, 0.3) is 0 Å². The van der Waals surface area contributed by atoms with Crippen LogP contribution in [-0.4, -0.2) is 21.1 Å². The van der Waals surface area contributed by atoms with Crippen molar-refractivity contribution in [2.24, 2.45) is 5.92 Å². The maximum Gasteiger partial charge on any atom is 0.250 e. The summed E-state index contributed by atoms with van der Waals surface area (Å²) in [6.45, 7) is 4.24.